The molecule has 2 aromatic carbocycles. The van der Waals surface area contributed by atoms with Crippen molar-refractivity contribution in [1.82, 2.24) is 4.98 Å². The van der Waals surface area contributed by atoms with E-state index in [0.717, 1.165) is 21.2 Å². The summed E-state index contributed by atoms with van der Waals surface area (Å²) in [5, 5.41) is 3.22. The highest BCUT2D eigenvalue weighted by Gasteiger charge is 2.23. The molecule has 1 N–H and O–H groups in total. The lowest BCUT2D eigenvalue weighted by atomic mass is 10.1. The second kappa shape index (κ2) is 6.83. The van der Waals surface area contributed by atoms with Crippen molar-refractivity contribution >= 4 is 38.7 Å². The monoisotopic (exact) mass is 374 g/mol. The molecule has 0 saturated carbocycles. The number of halogens is 1. The number of benzene rings is 2. The fourth-order valence-electron chi connectivity index (χ4n) is 2.29. The third kappa shape index (κ3) is 3.37. The normalized spacial score (nSPS) is 12.1. The van der Waals surface area contributed by atoms with Crippen LogP contribution in [0, 0.1) is 0 Å². The van der Waals surface area contributed by atoms with Gasteiger partial charge in [-0.25, -0.2) is 9.78 Å². The smallest absolute Gasteiger partial charge is 0.333 e. The summed E-state index contributed by atoms with van der Waals surface area (Å²) in [6.07, 6.45) is 1.38. The van der Waals surface area contributed by atoms with Crippen molar-refractivity contribution in [1.29, 1.82) is 0 Å². The zero-order valence-electron chi connectivity index (χ0n) is 12.5. The number of esters is 1. The van der Waals surface area contributed by atoms with Crippen LogP contribution in [0.2, 0.25) is 0 Å². The van der Waals surface area contributed by atoms with E-state index in [1.54, 1.807) is 13.0 Å². The molecule has 5 nitrogen and oxygen atoms in total. The van der Waals surface area contributed by atoms with Crippen molar-refractivity contribution in [3.05, 3.63) is 58.9 Å². The van der Waals surface area contributed by atoms with Crippen molar-refractivity contribution < 1.29 is 13.9 Å². The first-order valence-electron chi connectivity index (χ1n) is 7.20. The molecule has 0 amide bonds. The van der Waals surface area contributed by atoms with E-state index in [2.05, 4.69) is 26.2 Å². The molecule has 1 heterocycles. The molecular weight excluding hydrogens is 360 g/mol. The van der Waals surface area contributed by atoms with Crippen molar-refractivity contribution in [3.63, 3.8) is 0 Å². The number of fused-ring (bicyclic) bond motifs is 1. The predicted octanol–water partition coefficient (Wildman–Crippen LogP) is 4.31. The highest BCUT2D eigenvalue weighted by atomic mass is 79.9. The van der Waals surface area contributed by atoms with E-state index in [1.165, 1.54) is 6.39 Å². The van der Waals surface area contributed by atoms with Crippen LogP contribution in [0.25, 0.3) is 11.1 Å². The molecule has 0 aliphatic carbocycles. The number of ether oxygens (including phenoxy) is 1. The number of hydrogen-bond donors (Lipinski definition) is 1. The van der Waals surface area contributed by atoms with E-state index in [1.807, 2.05) is 36.4 Å². The van der Waals surface area contributed by atoms with Gasteiger partial charge in [0.1, 0.15) is 5.52 Å². The summed E-state index contributed by atoms with van der Waals surface area (Å²) >= 11 is 3.48. The molecule has 0 bridgehead atoms. The summed E-state index contributed by atoms with van der Waals surface area (Å²) in [6, 6.07) is 12.4. The van der Waals surface area contributed by atoms with Gasteiger partial charge in [-0.15, -0.1) is 0 Å². The van der Waals surface area contributed by atoms with Crippen LogP contribution < -0.4 is 5.32 Å². The molecule has 0 aliphatic rings. The zero-order valence-corrected chi connectivity index (χ0v) is 14.0. The van der Waals surface area contributed by atoms with Crippen LogP contribution in [0.15, 0.2) is 57.7 Å². The van der Waals surface area contributed by atoms with E-state index in [-0.39, 0.29) is 5.97 Å². The quantitative estimate of drug-likeness (QED) is 0.674. The number of anilines is 1. The van der Waals surface area contributed by atoms with E-state index in [9.17, 15) is 4.79 Å². The SMILES string of the molecule is CCOC(=O)C(Nc1ccccc1Br)c1ccc2ncoc2c1. The number of rotatable bonds is 5. The lowest BCUT2D eigenvalue weighted by molar-refractivity contribution is -0.144. The third-order valence-electron chi connectivity index (χ3n) is 3.38. The first-order chi connectivity index (χ1) is 11.2. The van der Waals surface area contributed by atoms with E-state index in [4.69, 9.17) is 9.15 Å². The number of nitrogens with one attached hydrogen (secondary N) is 1. The minimum atomic E-state index is -0.636. The lowest BCUT2D eigenvalue weighted by Gasteiger charge is -2.19. The molecule has 3 rings (SSSR count). The van der Waals surface area contributed by atoms with Crippen LogP contribution >= 0.6 is 15.9 Å². The molecule has 23 heavy (non-hydrogen) atoms. The number of nitrogens with zero attached hydrogens (tertiary/aromatic N) is 1. The first-order valence-corrected chi connectivity index (χ1v) is 7.99. The molecule has 118 valence electrons. The summed E-state index contributed by atoms with van der Waals surface area (Å²) in [4.78, 5) is 16.5. The molecular formula is C17H15BrN2O3. The molecule has 0 saturated heterocycles. The Bertz CT molecular complexity index is 831. The van der Waals surface area contributed by atoms with Gasteiger partial charge in [-0.3, -0.25) is 0 Å². The molecule has 0 spiro atoms. The molecule has 6 heteroatoms. The second-order valence-corrected chi connectivity index (χ2v) is 5.74. The number of oxazole rings is 1. The van der Waals surface area contributed by atoms with Crippen molar-refractivity contribution in [2.24, 2.45) is 0 Å². The van der Waals surface area contributed by atoms with Crippen molar-refractivity contribution in [2.45, 2.75) is 13.0 Å². The van der Waals surface area contributed by atoms with Gasteiger partial charge in [0, 0.05) is 10.2 Å². The molecule has 0 fully saturated rings. The Morgan fingerprint density at radius 3 is 2.96 bits per heavy atom. The van der Waals surface area contributed by atoms with Gasteiger partial charge < -0.3 is 14.5 Å². The number of hydrogen-bond acceptors (Lipinski definition) is 5. The van der Waals surface area contributed by atoms with Gasteiger partial charge >= 0.3 is 5.97 Å². The van der Waals surface area contributed by atoms with Gasteiger partial charge in [0.15, 0.2) is 18.0 Å². The molecule has 1 unspecified atom stereocenters. The van der Waals surface area contributed by atoms with Crippen LogP contribution in [-0.2, 0) is 9.53 Å². The van der Waals surface area contributed by atoms with Gasteiger partial charge in [0.05, 0.1) is 6.61 Å². The summed E-state index contributed by atoms with van der Waals surface area (Å²) in [5.74, 6) is -0.345. The Kier molecular flexibility index (Phi) is 4.62. The highest BCUT2D eigenvalue weighted by Crippen LogP contribution is 2.28. The molecule has 0 aliphatic heterocycles. The van der Waals surface area contributed by atoms with Crippen LogP contribution in [0.4, 0.5) is 5.69 Å². The maximum Gasteiger partial charge on any atom is 0.333 e. The van der Waals surface area contributed by atoms with Gasteiger partial charge in [-0.2, -0.15) is 0 Å². The Morgan fingerprint density at radius 1 is 1.35 bits per heavy atom. The minimum absolute atomic E-state index is 0.317. The summed E-state index contributed by atoms with van der Waals surface area (Å²) < 4.78 is 11.4. The van der Waals surface area contributed by atoms with Crippen LogP contribution in [-0.4, -0.2) is 17.6 Å². The molecule has 1 atom stereocenters. The topological polar surface area (TPSA) is 64.4 Å². The van der Waals surface area contributed by atoms with Gasteiger partial charge in [0.25, 0.3) is 0 Å². The fourth-order valence-corrected chi connectivity index (χ4v) is 2.69. The van der Waals surface area contributed by atoms with Crippen molar-refractivity contribution in [3.8, 4) is 0 Å². The Balaban J connectivity index is 1.97. The van der Waals surface area contributed by atoms with Crippen molar-refractivity contribution in [2.75, 3.05) is 11.9 Å². The zero-order chi connectivity index (χ0) is 16.2. The van der Waals surface area contributed by atoms with Gasteiger partial charge in [-0.1, -0.05) is 18.2 Å². The predicted molar refractivity (Wildman–Crippen MR) is 91.1 cm³/mol. The number of carbonyl (C=O) groups excluding carboxylic acids is 1. The Hall–Kier alpha value is -2.34. The largest absolute Gasteiger partial charge is 0.464 e. The van der Waals surface area contributed by atoms with Crippen LogP contribution in [0.1, 0.15) is 18.5 Å². The minimum Gasteiger partial charge on any atom is -0.464 e. The molecule has 3 aromatic rings. The summed E-state index contributed by atoms with van der Waals surface area (Å²) in [5.41, 5.74) is 2.94. The highest BCUT2D eigenvalue weighted by molar-refractivity contribution is 9.10. The maximum absolute atomic E-state index is 12.4. The first kappa shape index (κ1) is 15.6. The summed E-state index contributed by atoms with van der Waals surface area (Å²) in [6.45, 7) is 2.10. The standard InChI is InChI=1S/C17H15BrN2O3/c1-2-22-17(21)16(20-13-6-4-3-5-12(13)18)11-7-8-14-15(9-11)23-10-19-14/h3-10,16,20H,2H2,1H3. The number of carbonyl (C=O) groups is 1. The summed E-state index contributed by atoms with van der Waals surface area (Å²) in [7, 11) is 0. The number of aromatic nitrogens is 1. The van der Waals surface area contributed by atoms with Gasteiger partial charge in [0.2, 0.25) is 0 Å². The maximum atomic E-state index is 12.4. The fraction of sp³-hybridized carbons (Fsp3) is 0.176. The lowest BCUT2D eigenvalue weighted by Crippen LogP contribution is -2.23. The van der Waals surface area contributed by atoms with Crippen LogP contribution in [0.5, 0.6) is 0 Å². The Morgan fingerprint density at radius 2 is 2.17 bits per heavy atom. The van der Waals surface area contributed by atoms with Crippen LogP contribution in [0.3, 0.4) is 0 Å². The second-order valence-electron chi connectivity index (χ2n) is 4.89. The Labute approximate surface area is 141 Å². The average molecular weight is 375 g/mol. The number of para-hydroxylation sites is 1. The molecule has 0 radical (unpaired) electrons. The van der Waals surface area contributed by atoms with E-state index in [0.29, 0.717) is 12.2 Å². The third-order valence-corrected chi connectivity index (χ3v) is 4.08. The molecule has 1 aromatic heterocycles. The van der Waals surface area contributed by atoms with Gasteiger partial charge in [-0.05, 0) is 52.7 Å². The average Bonchev–Trinajstić information content (AvgIpc) is 3.01. The van der Waals surface area contributed by atoms with E-state index >= 15 is 0 Å². The van der Waals surface area contributed by atoms with E-state index < -0.39 is 6.04 Å².